The smallest absolute Gasteiger partial charge is 0.272 e. The van der Waals surface area contributed by atoms with Gasteiger partial charge in [-0.1, -0.05) is 181 Å². The summed E-state index contributed by atoms with van der Waals surface area (Å²) in [4.78, 5) is 27.6. The van der Waals surface area contributed by atoms with E-state index in [1.807, 2.05) is 60.7 Å². The molecule has 0 saturated carbocycles. The Labute approximate surface area is 420 Å². The molecule has 2 amide bonds. The lowest BCUT2D eigenvalue weighted by Gasteiger charge is -2.31. The van der Waals surface area contributed by atoms with Crippen LogP contribution in [0.3, 0.4) is 0 Å². The fraction of sp³-hybridized carbons (Fsp3) is 0.500. The molecule has 9 N–H and O–H groups in total. The SMILES string of the molecule is CCCCCCCCCCCCOc1c(CCCCCCN)cc(NC(=O)c2cc(CCC(=O)NO)c(CCC(N)(c3ccccc3)c3ccccc3)n2Cc2ccccc2)cc1CCCCCCN. The molecule has 0 aliphatic rings. The van der Waals surface area contributed by atoms with Crippen molar-refractivity contribution in [2.45, 2.75) is 173 Å². The number of unbranched alkanes of at least 4 members (excludes halogenated alkanes) is 15. The van der Waals surface area contributed by atoms with Crippen molar-refractivity contribution in [2.75, 3.05) is 25.0 Å². The van der Waals surface area contributed by atoms with Crippen LogP contribution in [0, 0.1) is 0 Å². The van der Waals surface area contributed by atoms with Crippen molar-refractivity contribution in [2.24, 2.45) is 17.2 Å². The summed E-state index contributed by atoms with van der Waals surface area (Å²) >= 11 is 0. The molecule has 1 aromatic heterocycles. The van der Waals surface area contributed by atoms with Crippen molar-refractivity contribution >= 4 is 17.5 Å². The molecule has 5 aromatic rings. The third-order valence-corrected chi connectivity index (χ3v) is 13.8. The number of carbonyl (C=O) groups is 2. The van der Waals surface area contributed by atoms with Crippen molar-refractivity contribution in [3.63, 3.8) is 0 Å². The Hall–Kier alpha value is -5.26. The minimum absolute atomic E-state index is 0.0505. The molecular formula is C60H86N6O4. The van der Waals surface area contributed by atoms with Crippen LogP contribution in [0.25, 0.3) is 0 Å². The first-order valence-corrected chi connectivity index (χ1v) is 26.9. The Morgan fingerprint density at radius 3 is 1.63 bits per heavy atom. The highest BCUT2D eigenvalue weighted by Gasteiger charge is 2.31. The van der Waals surface area contributed by atoms with Crippen LogP contribution in [0.1, 0.15) is 185 Å². The summed E-state index contributed by atoms with van der Waals surface area (Å²) in [5.74, 6) is 0.256. The number of aryl methyl sites for hydroxylation is 3. The molecule has 0 saturated heterocycles. The van der Waals surface area contributed by atoms with Crippen LogP contribution in [0.4, 0.5) is 5.69 Å². The molecule has 10 heteroatoms. The molecular weight excluding hydrogens is 869 g/mol. The molecule has 5 rings (SSSR count). The van der Waals surface area contributed by atoms with Gasteiger partial charge in [-0.3, -0.25) is 14.8 Å². The highest BCUT2D eigenvalue weighted by Crippen LogP contribution is 2.35. The first-order valence-electron chi connectivity index (χ1n) is 26.9. The first-order chi connectivity index (χ1) is 34.3. The summed E-state index contributed by atoms with van der Waals surface area (Å²) in [5, 5.41) is 12.9. The van der Waals surface area contributed by atoms with Gasteiger partial charge in [0, 0.05) is 24.3 Å². The summed E-state index contributed by atoms with van der Waals surface area (Å²) in [6.45, 7) is 4.77. The number of nitrogens with one attached hydrogen (secondary N) is 2. The maximum atomic E-state index is 15.1. The zero-order chi connectivity index (χ0) is 49.7. The van der Waals surface area contributed by atoms with Crippen LogP contribution in [0.5, 0.6) is 5.75 Å². The monoisotopic (exact) mass is 955 g/mol. The molecule has 0 unspecified atom stereocenters. The number of hydrogen-bond donors (Lipinski definition) is 6. The van der Waals surface area contributed by atoms with Gasteiger partial charge >= 0.3 is 0 Å². The number of aromatic nitrogens is 1. The third-order valence-electron chi connectivity index (χ3n) is 13.8. The van der Waals surface area contributed by atoms with E-state index in [4.69, 9.17) is 21.9 Å². The van der Waals surface area contributed by atoms with E-state index in [-0.39, 0.29) is 12.3 Å². The maximum Gasteiger partial charge on any atom is 0.272 e. The second kappa shape index (κ2) is 31.9. The normalized spacial score (nSPS) is 11.5. The maximum absolute atomic E-state index is 15.1. The van der Waals surface area contributed by atoms with Gasteiger partial charge in [0.1, 0.15) is 11.4 Å². The second-order valence-electron chi connectivity index (χ2n) is 19.3. The summed E-state index contributed by atoms with van der Waals surface area (Å²) in [6, 6.07) is 36.7. The number of carbonyl (C=O) groups excluding carboxylic acids is 2. The second-order valence-corrected chi connectivity index (χ2v) is 19.3. The summed E-state index contributed by atoms with van der Waals surface area (Å²) in [5.41, 5.74) is 28.5. The van der Waals surface area contributed by atoms with Crippen molar-refractivity contribution < 1.29 is 19.5 Å². The predicted octanol–water partition coefficient (Wildman–Crippen LogP) is 12.5. The van der Waals surface area contributed by atoms with Crippen LogP contribution in [-0.4, -0.2) is 41.3 Å². The zero-order valence-corrected chi connectivity index (χ0v) is 42.5. The van der Waals surface area contributed by atoms with Gasteiger partial charge in [-0.25, -0.2) is 5.48 Å². The quantitative estimate of drug-likeness (QED) is 0.0132. The largest absolute Gasteiger partial charge is 0.493 e. The Kier molecular flexibility index (Phi) is 25.3. The minimum atomic E-state index is -0.842. The van der Waals surface area contributed by atoms with E-state index in [0.29, 0.717) is 51.2 Å². The Bertz CT molecular complexity index is 2150. The van der Waals surface area contributed by atoms with Crippen molar-refractivity contribution in [1.82, 2.24) is 10.0 Å². The summed E-state index contributed by atoms with van der Waals surface area (Å²) < 4.78 is 8.91. The van der Waals surface area contributed by atoms with Gasteiger partial charge in [-0.2, -0.15) is 0 Å². The Balaban J connectivity index is 1.49. The molecule has 0 aliphatic carbocycles. The fourth-order valence-corrected chi connectivity index (χ4v) is 9.81. The van der Waals surface area contributed by atoms with Crippen LogP contribution in [0.15, 0.2) is 109 Å². The molecule has 0 spiro atoms. The van der Waals surface area contributed by atoms with E-state index in [1.165, 1.54) is 51.4 Å². The molecule has 70 heavy (non-hydrogen) atoms. The number of hydroxylamine groups is 1. The van der Waals surface area contributed by atoms with E-state index in [2.05, 4.69) is 65.3 Å². The van der Waals surface area contributed by atoms with Gasteiger partial charge in [-0.05, 0) is 129 Å². The van der Waals surface area contributed by atoms with E-state index in [0.717, 1.165) is 128 Å². The zero-order valence-electron chi connectivity index (χ0n) is 42.5. The molecule has 0 bridgehead atoms. The summed E-state index contributed by atoms with van der Waals surface area (Å²) in [7, 11) is 0. The molecule has 0 atom stereocenters. The van der Waals surface area contributed by atoms with Crippen LogP contribution < -0.4 is 32.7 Å². The average Bonchev–Trinajstić information content (AvgIpc) is 3.73. The highest BCUT2D eigenvalue weighted by atomic mass is 16.5. The number of hydrogen-bond acceptors (Lipinski definition) is 7. The van der Waals surface area contributed by atoms with Gasteiger partial charge < -0.3 is 31.8 Å². The molecule has 0 fully saturated rings. The number of ether oxygens (including phenoxy) is 1. The van der Waals surface area contributed by atoms with Crippen molar-refractivity contribution in [1.29, 1.82) is 0 Å². The minimum Gasteiger partial charge on any atom is -0.493 e. The van der Waals surface area contributed by atoms with Gasteiger partial charge in [-0.15, -0.1) is 0 Å². The van der Waals surface area contributed by atoms with E-state index in [1.54, 1.807) is 5.48 Å². The highest BCUT2D eigenvalue weighted by molar-refractivity contribution is 6.03. The lowest BCUT2D eigenvalue weighted by molar-refractivity contribution is -0.129. The van der Waals surface area contributed by atoms with E-state index in [9.17, 15) is 10.0 Å². The topological polar surface area (TPSA) is 171 Å². The van der Waals surface area contributed by atoms with Gasteiger partial charge in [0.15, 0.2) is 0 Å². The number of nitrogens with zero attached hydrogens (tertiary/aromatic N) is 1. The van der Waals surface area contributed by atoms with E-state index >= 15 is 4.79 Å². The number of anilines is 1. The average molecular weight is 955 g/mol. The summed E-state index contributed by atoms with van der Waals surface area (Å²) in [6.07, 6.45) is 24.2. The van der Waals surface area contributed by atoms with Crippen LogP contribution in [-0.2, 0) is 42.6 Å². The fourth-order valence-electron chi connectivity index (χ4n) is 9.81. The molecule has 4 aromatic carbocycles. The van der Waals surface area contributed by atoms with Crippen molar-refractivity contribution in [3.05, 3.63) is 154 Å². The molecule has 0 aliphatic heterocycles. The number of amides is 2. The van der Waals surface area contributed by atoms with Gasteiger partial charge in [0.05, 0.1) is 12.1 Å². The predicted molar refractivity (Wildman–Crippen MR) is 289 cm³/mol. The number of rotatable bonds is 36. The standard InChI is InChI=1S/C60H86N6O4/c1-2-3-4-5-6-7-8-9-14-28-43-70-58-50(31-20-10-12-26-41-61)44-54(45-51(58)32-21-11-13-27-42-62)64-59(68)56-46-49(37-38-57(67)65-69)55(66(56)47-48-29-18-15-19-30-48)39-40-60(63,52-33-22-16-23-34-52)53-35-24-17-25-36-53/h15-19,22-25,29-30,33-36,44-46,69H,2-14,20-21,26-28,31-32,37-43,47,61-63H2,1H3,(H,64,68)(H,65,67). The first kappa shape index (κ1) is 55.7. The van der Waals surface area contributed by atoms with E-state index < -0.39 is 11.4 Å². The lowest BCUT2D eigenvalue weighted by Crippen LogP contribution is -2.38. The number of benzene rings is 4. The third kappa shape index (κ3) is 18.2. The van der Waals surface area contributed by atoms with Crippen molar-refractivity contribution in [3.8, 4) is 5.75 Å². The molecule has 1 heterocycles. The molecule has 0 radical (unpaired) electrons. The van der Waals surface area contributed by atoms with Gasteiger partial charge in [0.25, 0.3) is 5.91 Å². The number of nitrogens with two attached hydrogens (primary N) is 3. The van der Waals surface area contributed by atoms with Crippen LogP contribution in [0.2, 0.25) is 0 Å². The molecule has 380 valence electrons. The Morgan fingerprint density at radius 2 is 1.10 bits per heavy atom. The van der Waals surface area contributed by atoms with Crippen LogP contribution >= 0.6 is 0 Å². The Morgan fingerprint density at radius 1 is 0.600 bits per heavy atom. The molecule has 10 nitrogen and oxygen atoms in total. The lowest BCUT2D eigenvalue weighted by atomic mass is 9.79. The van der Waals surface area contributed by atoms with Gasteiger partial charge in [0.2, 0.25) is 5.91 Å².